The monoisotopic (exact) mass is 618 g/mol. The summed E-state index contributed by atoms with van der Waals surface area (Å²) in [6, 6.07) is 27.3. The van der Waals surface area contributed by atoms with Gasteiger partial charge in [0.2, 0.25) is 0 Å². The molecule has 7 heteroatoms. The second-order valence-electron chi connectivity index (χ2n) is 13.0. The second kappa shape index (κ2) is 14.8. The Balaban J connectivity index is 1.68. The van der Waals surface area contributed by atoms with Gasteiger partial charge in [0, 0.05) is 31.0 Å². The maximum atomic E-state index is 14.0. The number of benzene rings is 3. The van der Waals surface area contributed by atoms with E-state index in [1.807, 2.05) is 42.5 Å². The number of halogens is 1. The van der Waals surface area contributed by atoms with Gasteiger partial charge in [-0.05, 0) is 64.7 Å². The van der Waals surface area contributed by atoms with E-state index in [0.29, 0.717) is 32.1 Å². The van der Waals surface area contributed by atoms with E-state index in [-0.39, 0.29) is 41.9 Å². The third kappa shape index (κ3) is 7.07. The normalized spacial score (nSPS) is 22.4. The maximum absolute atomic E-state index is 14.0. The highest BCUT2D eigenvalue weighted by Crippen LogP contribution is 2.52. The zero-order valence-electron chi connectivity index (χ0n) is 26.4. The molecule has 0 aliphatic heterocycles. The van der Waals surface area contributed by atoms with Crippen molar-refractivity contribution in [2.75, 3.05) is 20.3 Å². The lowest BCUT2D eigenvalue weighted by Gasteiger charge is -2.44. The van der Waals surface area contributed by atoms with Gasteiger partial charge in [-0.1, -0.05) is 106 Å². The summed E-state index contributed by atoms with van der Waals surface area (Å²) >= 11 is 0. The van der Waals surface area contributed by atoms with Crippen LogP contribution in [0.2, 0.25) is 5.04 Å². The molecule has 236 valence electrons. The van der Waals surface area contributed by atoms with Gasteiger partial charge in [0.15, 0.2) is 0 Å². The predicted octanol–water partition coefficient (Wildman–Crippen LogP) is 5.92. The Bertz CT molecular complexity index is 1320. The number of hydrogen-bond donors (Lipinski definition) is 2. The molecule has 0 unspecified atom stereocenters. The fourth-order valence-corrected chi connectivity index (χ4v) is 11.8. The summed E-state index contributed by atoms with van der Waals surface area (Å²) in [6.07, 6.45) is 6.12. The first kappa shape index (κ1) is 33.8. The Hall–Kier alpha value is -3.10. The Morgan fingerprint density at radius 3 is 2.09 bits per heavy atom. The van der Waals surface area contributed by atoms with Gasteiger partial charge in [-0.3, -0.25) is 4.79 Å². The average Bonchev–Trinajstić information content (AvgIpc) is 3.30. The fraction of sp³-hybridized carbons (Fsp3) is 0.432. The molecule has 2 N–H and O–H groups in total. The first-order valence-electron chi connectivity index (χ1n) is 15.6. The topological polar surface area (TPSA) is 76.0 Å². The predicted molar refractivity (Wildman–Crippen MR) is 176 cm³/mol. The number of carbonyl (C=O) groups is 1. The third-order valence-electron chi connectivity index (χ3n) is 9.45. The van der Waals surface area contributed by atoms with Gasteiger partial charge in [-0.25, -0.2) is 4.39 Å². The first-order valence-corrected chi connectivity index (χ1v) is 17.5. The van der Waals surface area contributed by atoms with Crippen LogP contribution in [0.25, 0.3) is 0 Å². The number of ether oxygens (including phenoxy) is 1. The summed E-state index contributed by atoms with van der Waals surface area (Å²) in [6.45, 7) is 6.82. The van der Waals surface area contributed by atoms with Gasteiger partial charge in [-0.15, -0.1) is 0 Å². The number of hydrogen-bond acceptors (Lipinski definition) is 5. The molecule has 0 bridgehead atoms. The van der Waals surface area contributed by atoms with E-state index in [9.17, 15) is 19.4 Å². The third-order valence-corrected chi connectivity index (χ3v) is 14.5. The number of aliphatic hydroxyl groups excluding tert-OH is 2. The van der Waals surface area contributed by atoms with Gasteiger partial charge < -0.3 is 19.4 Å². The van der Waals surface area contributed by atoms with Gasteiger partial charge in [0.25, 0.3) is 8.32 Å². The number of rotatable bonds is 13. The average molecular weight is 619 g/mol. The van der Waals surface area contributed by atoms with Crippen LogP contribution in [-0.4, -0.2) is 50.9 Å². The van der Waals surface area contributed by atoms with E-state index in [1.165, 1.54) is 19.2 Å². The summed E-state index contributed by atoms with van der Waals surface area (Å²) in [5.41, 5.74) is 0.282. The lowest BCUT2D eigenvalue weighted by molar-refractivity contribution is -0.140. The van der Waals surface area contributed by atoms with Crippen molar-refractivity contribution in [2.24, 2.45) is 11.8 Å². The molecule has 3 aromatic carbocycles. The van der Waals surface area contributed by atoms with E-state index in [1.54, 1.807) is 12.1 Å². The van der Waals surface area contributed by atoms with Crippen molar-refractivity contribution in [3.05, 3.63) is 108 Å². The van der Waals surface area contributed by atoms with Crippen molar-refractivity contribution >= 4 is 24.7 Å². The van der Waals surface area contributed by atoms with Crippen LogP contribution in [0.4, 0.5) is 4.39 Å². The molecular formula is C37H47FO5Si. The molecule has 1 fully saturated rings. The van der Waals surface area contributed by atoms with Crippen molar-refractivity contribution in [1.29, 1.82) is 0 Å². The number of methoxy groups -OCH3 is 1. The van der Waals surface area contributed by atoms with Crippen LogP contribution in [0.3, 0.4) is 0 Å². The van der Waals surface area contributed by atoms with Crippen LogP contribution in [0, 0.1) is 17.7 Å². The molecule has 1 saturated carbocycles. The van der Waals surface area contributed by atoms with Crippen LogP contribution in [-0.2, 0) is 19.4 Å². The highest BCUT2D eigenvalue weighted by molar-refractivity contribution is 6.99. The Labute approximate surface area is 262 Å². The molecule has 0 saturated heterocycles. The highest BCUT2D eigenvalue weighted by Gasteiger charge is 2.55. The molecule has 0 spiro atoms. The minimum absolute atomic E-state index is 0.139. The molecule has 4 atom stereocenters. The van der Waals surface area contributed by atoms with E-state index in [0.717, 1.165) is 15.9 Å². The summed E-state index contributed by atoms with van der Waals surface area (Å²) in [5, 5.41) is 24.7. The van der Waals surface area contributed by atoms with Crippen molar-refractivity contribution in [2.45, 2.75) is 69.4 Å². The van der Waals surface area contributed by atoms with Crippen molar-refractivity contribution in [3.8, 4) is 0 Å². The van der Waals surface area contributed by atoms with E-state index in [2.05, 4.69) is 51.1 Å². The molecule has 5 nitrogen and oxygen atoms in total. The smallest absolute Gasteiger partial charge is 0.305 e. The zero-order chi connectivity index (χ0) is 31.8. The van der Waals surface area contributed by atoms with E-state index >= 15 is 0 Å². The van der Waals surface area contributed by atoms with Gasteiger partial charge in [-0.2, -0.15) is 0 Å². The Morgan fingerprint density at radius 1 is 0.977 bits per heavy atom. The maximum Gasteiger partial charge on any atom is 0.305 e. The minimum atomic E-state index is -2.87. The largest absolute Gasteiger partial charge is 0.469 e. The standard InChI is InChI=1S/C37H47FO5Si/c1-36(2,3)44(30-15-9-7-10-16-30,31-17-11-8-12-18-31)43-27-32-33(26-39)37(25-34(32)40,28-20-22-29(38)23-21-28)24-14-6-5-13-19-35(41)42-4/h6-12,14-18,20-23,32-34,39-40H,5,13,19,24-27H2,1-4H3/t32-,33-,34-,37+/m1/s1. The number of carbonyl (C=O) groups excluding carboxylic acids is 1. The minimum Gasteiger partial charge on any atom is -0.469 e. The lowest BCUT2D eigenvalue weighted by atomic mass is 9.68. The van der Waals surface area contributed by atoms with Crippen LogP contribution in [0.1, 0.15) is 58.4 Å². The molecule has 1 aliphatic rings. The Morgan fingerprint density at radius 2 is 1.57 bits per heavy atom. The van der Waals surface area contributed by atoms with Crippen LogP contribution in [0.5, 0.6) is 0 Å². The zero-order valence-corrected chi connectivity index (χ0v) is 27.4. The number of unbranched alkanes of at least 4 members (excludes halogenated alkanes) is 1. The SMILES string of the molecule is COC(=O)CCCC=CC[C@@]1(c2ccc(F)cc2)C[C@@H](O)[C@H](CO[Si](c2ccccc2)(c2ccccc2)C(C)(C)C)[C@H]1CO. The quantitative estimate of drug-likeness (QED) is 0.108. The molecule has 44 heavy (non-hydrogen) atoms. The van der Waals surface area contributed by atoms with Crippen LogP contribution < -0.4 is 10.4 Å². The van der Waals surface area contributed by atoms with Gasteiger partial charge >= 0.3 is 5.97 Å². The summed E-state index contributed by atoms with van der Waals surface area (Å²) in [4.78, 5) is 11.5. The summed E-state index contributed by atoms with van der Waals surface area (Å²) < 4.78 is 26.0. The van der Waals surface area contributed by atoms with Crippen molar-refractivity contribution in [1.82, 2.24) is 0 Å². The van der Waals surface area contributed by atoms with Crippen LogP contribution >= 0.6 is 0 Å². The van der Waals surface area contributed by atoms with Gasteiger partial charge in [0.05, 0.1) is 13.2 Å². The molecule has 0 heterocycles. The number of esters is 1. The highest BCUT2D eigenvalue weighted by atomic mass is 28.4. The molecule has 0 amide bonds. The van der Waals surface area contributed by atoms with E-state index in [4.69, 9.17) is 9.16 Å². The van der Waals surface area contributed by atoms with Gasteiger partial charge in [0.1, 0.15) is 5.82 Å². The molecule has 4 rings (SSSR count). The fourth-order valence-electron chi connectivity index (χ4n) is 7.22. The summed E-state index contributed by atoms with van der Waals surface area (Å²) in [5.74, 6) is -1.21. The Kier molecular flexibility index (Phi) is 11.4. The number of allylic oxidation sites excluding steroid dienone is 2. The van der Waals surface area contributed by atoms with Crippen molar-refractivity contribution < 1.29 is 28.6 Å². The molecular weight excluding hydrogens is 571 g/mol. The molecule has 0 radical (unpaired) electrons. The van der Waals surface area contributed by atoms with Crippen molar-refractivity contribution in [3.63, 3.8) is 0 Å². The summed E-state index contributed by atoms with van der Waals surface area (Å²) in [7, 11) is -1.48. The number of aliphatic hydroxyl groups is 2. The lowest BCUT2D eigenvalue weighted by Crippen LogP contribution is -2.67. The molecule has 3 aromatic rings. The van der Waals surface area contributed by atoms with Crippen LogP contribution in [0.15, 0.2) is 97.1 Å². The second-order valence-corrected chi connectivity index (χ2v) is 17.3. The molecule has 0 aromatic heterocycles. The molecule has 1 aliphatic carbocycles. The van der Waals surface area contributed by atoms with E-state index < -0.39 is 19.8 Å². The first-order chi connectivity index (χ1) is 21.1.